The van der Waals surface area contributed by atoms with E-state index in [1.807, 2.05) is 13.0 Å². The highest BCUT2D eigenvalue weighted by molar-refractivity contribution is 5.70. The minimum Gasteiger partial charge on any atom is -0.496 e. The van der Waals surface area contributed by atoms with Gasteiger partial charge in [0.2, 0.25) is 5.95 Å². The fourth-order valence-corrected chi connectivity index (χ4v) is 1.76. The number of aromatic nitrogens is 2. The zero-order valence-electron chi connectivity index (χ0n) is 11.1. The first-order chi connectivity index (χ1) is 9.69. The number of halogens is 1. The molecule has 5 nitrogen and oxygen atoms in total. The van der Waals surface area contributed by atoms with Crippen molar-refractivity contribution in [1.82, 2.24) is 9.97 Å². The van der Waals surface area contributed by atoms with Crippen molar-refractivity contribution >= 4 is 5.95 Å². The minimum atomic E-state index is -0.569. The van der Waals surface area contributed by atoms with Gasteiger partial charge in [0.05, 0.1) is 24.9 Å². The van der Waals surface area contributed by atoms with E-state index in [4.69, 9.17) is 10.00 Å². The van der Waals surface area contributed by atoms with Gasteiger partial charge in [-0.15, -0.1) is 0 Å². The van der Waals surface area contributed by atoms with Gasteiger partial charge in [-0.25, -0.2) is 14.4 Å². The molecule has 0 aliphatic rings. The SMILES string of the molecule is CCNc1ncc(F)c(-c2cc(C#N)ccc2OC)n1. The second-order valence-electron chi connectivity index (χ2n) is 3.95. The number of nitrogens with one attached hydrogen (secondary N) is 1. The molecule has 6 heteroatoms. The maximum Gasteiger partial charge on any atom is 0.223 e. The Kier molecular flexibility index (Phi) is 4.11. The Morgan fingerprint density at radius 1 is 1.45 bits per heavy atom. The number of hydrogen-bond donors (Lipinski definition) is 1. The second-order valence-corrected chi connectivity index (χ2v) is 3.95. The van der Waals surface area contributed by atoms with Crippen LogP contribution in [-0.2, 0) is 0 Å². The summed E-state index contributed by atoms with van der Waals surface area (Å²) >= 11 is 0. The summed E-state index contributed by atoms with van der Waals surface area (Å²) in [5.41, 5.74) is 0.930. The van der Waals surface area contributed by atoms with Crippen LogP contribution >= 0.6 is 0 Å². The summed E-state index contributed by atoms with van der Waals surface area (Å²) in [4.78, 5) is 7.98. The molecule has 1 aromatic heterocycles. The van der Waals surface area contributed by atoms with Crippen LogP contribution in [-0.4, -0.2) is 23.6 Å². The lowest BCUT2D eigenvalue weighted by atomic mass is 10.1. The molecule has 1 aromatic carbocycles. The van der Waals surface area contributed by atoms with Crippen LogP contribution in [0.4, 0.5) is 10.3 Å². The molecule has 0 radical (unpaired) electrons. The van der Waals surface area contributed by atoms with Crippen LogP contribution in [0, 0.1) is 17.1 Å². The van der Waals surface area contributed by atoms with E-state index in [-0.39, 0.29) is 5.69 Å². The summed E-state index contributed by atoms with van der Waals surface area (Å²) in [6.07, 6.45) is 1.10. The summed E-state index contributed by atoms with van der Waals surface area (Å²) in [5.74, 6) is 0.206. The van der Waals surface area contributed by atoms with E-state index in [9.17, 15) is 4.39 Å². The number of ether oxygens (including phenoxy) is 1. The van der Waals surface area contributed by atoms with Gasteiger partial charge in [0.15, 0.2) is 5.82 Å². The quantitative estimate of drug-likeness (QED) is 0.926. The Morgan fingerprint density at radius 3 is 2.90 bits per heavy atom. The highest BCUT2D eigenvalue weighted by Crippen LogP contribution is 2.31. The molecule has 2 aromatic rings. The van der Waals surface area contributed by atoms with Crippen LogP contribution in [0.1, 0.15) is 12.5 Å². The zero-order chi connectivity index (χ0) is 14.5. The van der Waals surface area contributed by atoms with Gasteiger partial charge < -0.3 is 10.1 Å². The van der Waals surface area contributed by atoms with Gasteiger partial charge in [-0.1, -0.05) is 0 Å². The van der Waals surface area contributed by atoms with Crippen LogP contribution in [0.5, 0.6) is 5.75 Å². The molecule has 0 fully saturated rings. The van der Waals surface area contributed by atoms with Gasteiger partial charge in [0, 0.05) is 12.1 Å². The molecule has 1 N–H and O–H groups in total. The number of nitriles is 1. The number of rotatable bonds is 4. The molecule has 0 spiro atoms. The predicted octanol–water partition coefficient (Wildman–Crippen LogP) is 2.59. The molecule has 102 valence electrons. The van der Waals surface area contributed by atoms with Crippen molar-refractivity contribution in [2.45, 2.75) is 6.92 Å². The van der Waals surface area contributed by atoms with E-state index < -0.39 is 5.82 Å². The van der Waals surface area contributed by atoms with Crippen molar-refractivity contribution in [3.8, 4) is 23.1 Å². The third kappa shape index (κ3) is 2.67. The molecule has 0 unspecified atom stereocenters. The number of anilines is 1. The van der Waals surface area contributed by atoms with Crippen molar-refractivity contribution in [2.24, 2.45) is 0 Å². The van der Waals surface area contributed by atoms with Gasteiger partial charge >= 0.3 is 0 Å². The Labute approximate surface area is 116 Å². The molecule has 2 rings (SSSR count). The smallest absolute Gasteiger partial charge is 0.223 e. The Hall–Kier alpha value is -2.68. The summed E-state index contributed by atoms with van der Waals surface area (Å²) in [7, 11) is 1.48. The molecule has 0 atom stereocenters. The summed E-state index contributed by atoms with van der Waals surface area (Å²) < 4.78 is 19.2. The lowest BCUT2D eigenvalue weighted by Gasteiger charge is -2.10. The average molecular weight is 272 g/mol. The van der Waals surface area contributed by atoms with Crippen LogP contribution < -0.4 is 10.1 Å². The van der Waals surface area contributed by atoms with Crippen molar-refractivity contribution in [3.63, 3.8) is 0 Å². The standard InChI is InChI=1S/C14H13FN4O/c1-3-17-14-18-8-11(15)13(19-14)10-6-9(7-16)4-5-12(10)20-2/h4-6,8H,3H2,1-2H3,(H,17,18,19). The van der Waals surface area contributed by atoms with Gasteiger partial charge in [-0.3, -0.25) is 0 Å². The van der Waals surface area contributed by atoms with E-state index in [1.54, 1.807) is 18.2 Å². The third-order valence-corrected chi connectivity index (χ3v) is 2.66. The number of methoxy groups -OCH3 is 1. The van der Waals surface area contributed by atoms with Crippen LogP contribution in [0.15, 0.2) is 24.4 Å². The van der Waals surface area contributed by atoms with Crippen molar-refractivity contribution in [1.29, 1.82) is 5.26 Å². The molecular weight excluding hydrogens is 259 g/mol. The first kappa shape index (κ1) is 13.7. The Balaban J connectivity index is 2.60. The van der Waals surface area contributed by atoms with Crippen LogP contribution in [0.25, 0.3) is 11.3 Å². The van der Waals surface area contributed by atoms with Gasteiger partial charge in [0.25, 0.3) is 0 Å². The molecule has 1 heterocycles. The van der Waals surface area contributed by atoms with Gasteiger partial charge in [0.1, 0.15) is 11.4 Å². The summed E-state index contributed by atoms with van der Waals surface area (Å²) in [6, 6.07) is 6.77. The first-order valence-corrected chi connectivity index (χ1v) is 6.04. The normalized spacial score (nSPS) is 9.90. The average Bonchev–Trinajstić information content (AvgIpc) is 2.49. The van der Waals surface area contributed by atoms with Gasteiger partial charge in [-0.05, 0) is 25.1 Å². The molecule has 0 aliphatic carbocycles. The highest BCUT2D eigenvalue weighted by Gasteiger charge is 2.14. The molecule has 20 heavy (non-hydrogen) atoms. The highest BCUT2D eigenvalue weighted by atomic mass is 19.1. The monoisotopic (exact) mass is 272 g/mol. The summed E-state index contributed by atoms with van der Waals surface area (Å²) in [5, 5.41) is 11.9. The van der Waals surface area contributed by atoms with E-state index in [0.29, 0.717) is 29.4 Å². The largest absolute Gasteiger partial charge is 0.496 e. The Morgan fingerprint density at radius 2 is 2.25 bits per heavy atom. The predicted molar refractivity (Wildman–Crippen MR) is 72.9 cm³/mol. The van der Waals surface area contributed by atoms with Crippen LogP contribution in [0.3, 0.4) is 0 Å². The number of hydrogen-bond acceptors (Lipinski definition) is 5. The summed E-state index contributed by atoms with van der Waals surface area (Å²) in [6.45, 7) is 2.52. The molecule has 0 amide bonds. The van der Waals surface area contributed by atoms with Crippen LogP contribution in [0.2, 0.25) is 0 Å². The fraction of sp³-hybridized carbons (Fsp3) is 0.214. The van der Waals surface area contributed by atoms with Crippen molar-refractivity contribution < 1.29 is 9.13 Å². The zero-order valence-corrected chi connectivity index (χ0v) is 11.1. The lowest BCUT2D eigenvalue weighted by Crippen LogP contribution is -2.04. The number of benzene rings is 1. The molecule has 0 saturated heterocycles. The maximum atomic E-state index is 14.0. The van der Waals surface area contributed by atoms with Crippen molar-refractivity contribution in [3.05, 3.63) is 35.8 Å². The van der Waals surface area contributed by atoms with Gasteiger partial charge in [-0.2, -0.15) is 5.26 Å². The van der Waals surface area contributed by atoms with E-state index in [2.05, 4.69) is 15.3 Å². The van der Waals surface area contributed by atoms with Crippen molar-refractivity contribution in [2.75, 3.05) is 19.0 Å². The van der Waals surface area contributed by atoms with E-state index in [0.717, 1.165) is 6.20 Å². The topological polar surface area (TPSA) is 70.8 Å². The van der Waals surface area contributed by atoms with E-state index >= 15 is 0 Å². The third-order valence-electron chi connectivity index (χ3n) is 2.66. The maximum absolute atomic E-state index is 14.0. The fourth-order valence-electron chi connectivity index (χ4n) is 1.76. The first-order valence-electron chi connectivity index (χ1n) is 6.04. The molecule has 0 saturated carbocycles. The Bertz CT molecular complexity index is 667. The minimum absolute atomic E-state index is 0.102. The molecule has 0 bridgehead atoms. The molecular formula is C14H13FN4O. The second kappa shape index (κ2) is 5.97. The van der Waals surface area contributed by atoms with E-state index in [1.165, 1.54) is 7.11 Å². The lowest BCUT2D eigenvalue weighted by molar-refractivity contribution is 0.416. The number of nitrogens with zero attached hydrogens (tertiary/aromatic N) is 3. The molecule has 0 aliphatic heterocycles.